The van der Waals surface area contributed by atoms with Crippen LogP contribution in [-0.2, 0) is 6.42 Å². The molecule has 2 aromatic rings. The SMILES string of the molecule is Cc1cc(O)c2c(c1O)Cc1cc(O)cc(O)c1C2=O. The van der Waals surface area contributed by atoms with Crippen LogP contribution in [0.5, 0.6) is 23.0 Å². The number of phenolic OH excluding ortho intramolecular Hbond substituents is 4. The highest BCUT2D eigenvalue weighted by molar-refractivity contribution is 6.16. The van der Waals surface area contributed by atoms with Crippen LogP contribution < -0.4 is 0 Å². The monoisotopic (exact) mass is 272 g/mol. The van der Waals surface area contributed by atoms with Crippen molar-refractivity contribution < 1.29 is 25.2 Å². The second-order valence-corrected chi connectivity index (χ2v) is 4.92. The van der Waals surface area contributed by atoms with E-state index in [9.17, 15) is 25.2 Å². The van der Waals surface area contributed by atoms with Crippen molar-refractivity contribution in [2.45, 2.75) is 13.3 Å². The number of benzene rings is 2. The first-order valence-electron chi connectivity index (χ1n) is 6.04. The van der Waals surface area contributed by atoms with Gasteiger partial charge in [0.25, 0.3) is 0 Å². The minimum atomic E-state index is -0.563. The van der Waals surface area contributed by atoms with Gasteiger partial charge in [0.15, 0.2) is 0 Å². The minimum absolute atomic E-state index is 0.00147. The first-order valence-corrected chi connectivity index (χ1v) is 6.04. The molecule has 0 amide bonds. The number of hydrogen-bond acceptors (Lipinski definition) is 5. The van der Waals surface area contributed by atoms with Gasteiger partial charge in [0, 0.05) is 18.1 Å². The zero-order chi connectivity index (χ0) is 14.6. The topological polar surface area (TPSA) is 98.0 Å². The van der Waals surface area contributed by atoms with Gasteiger partial charge in [-0.05, 0) is 30.2 Å². The molecule has 0 spiro atoms. The van der Waals surface area contributed by atoms with Crippen molar-refractivity contribution in [2.75, 3.05) is 0 Å². The number of ketones is 1. The highest BCUT2D eigenvalue weighted by Gasteiger charge is 2.31. The number of aryl methyl sites for hydroxylation is 1. The van der Waals surface area contributed by atoms with Gasteiger partial charge in [-0.25, -0.2) is 0 Å². The maximum absolute atomic E-state index is 12.4. The number of phenols is 4. The predicted octanol–water partition coefficient (Wildman–Crippen LogP) is 1.95. The molecule has 4 N–H and O–H groups in total. The van der Waals surface area contributed by atoms with Crippen molar-refractivity contribution in [3.8, 4) is 23.0 Å². The van der Waals surface area contributed by atoms with Gasteiger partial charge >= 0.3 is 0 Å². The Morgan fingerprint density at radius 2 is 1.60 bits per heavy atom. The van der Waals surface area contributed by atoms with E-state index in [1.807, 2.05) is 0 Å². The predicted molar refractivity (Wildman–Crippen MR) is 70.5 cm³/mol. The fraction of sp³-hybridized carbons (Fsp3) is 0.133. The summed E-state index contributed by atoms with van der Waals surface area (Å²) < 4.78 is 0. The molecule has 0 bridgehead atoms. The molecule has 0 atom stereocenters. The number of carbonyl (C=O) groups excluding carboxylic acids is 1. The smallest absolute Gasteiger partial charge is 0.201 e. The van der Waals surface area contributed by atoms with Crippen LogP contribution in [0.1, 0.15) is 32.6 Å². The van der Waals surface area contributed by atoms with Crippen LogP contribution in [0.25, 0.3) is 0 Å². The number of rotatable bonds is 0. The van der Waals surface area contributed by atoms with E-state index in [2.05, 4.69) is 0 Å². The lowest BCUT2D eigenvalue weighted by molar-refractivity contribution is 0.102. The van der Waals surface area contributed by atoms with E-state index in [0.717, 1.165) is 6.07 Å². The highest BCUT2D eigenvalue weighted by atomic mass is 16.3. The van der Waals surface area contributed by atoms with E-state index < -0.39 is 5.78 Å². The molecule has 0 heterocycles. The van der Waals surface area contributed by atoms with Gasteiger partial charge in [0.05, 0.1) is 11.1 Å². The van der Waals surface area contributed by atoms with E-state index in [4.69, 9.17) is 0 Å². The van der Waals surface area contributed by atoms with Crippen molar-refractivity contribution in [3.05, 3.63) is 46.0 Å². The first-order chi connectivity index (χ1) is 9.40. The average molecular weight is 272 g/mol. The molecule has 0 saturated heterocycles. The summed E-state index contributed by atoms with van der Waals surface area (Å²) in [5.41, 5.74) is 1.24. The lowest BCUT2D eigenvalue weighted by Gasteiger charge is -2.22. The Hall–Kier alpha value is -2.69. The zero-order valence-corrected chi connectivity index (χ0v) is 10.6. The minimum Gasteiger partial charge on any atom is -0.508 e. The third-order valence-electron chi connectivity index (χ3n) is 3.58. The van der Waals surface area contributed by atoms with Crippen LogP contribution in [-0.4, -0.2) is 26.2 Å². The summed E-state index contributed by atoms with van der Waals surface area (Å²) in [4.78, 5) is 12.4. The number of aromatic hydroxyl groups is 4. The number of fused-ring (bicyclic) bond motifs is 2. The normalized spacial score (nSPS) is 12.9. The summed E-state index contributed by atoms with van der Waals surface area (Å²) >= 11 is 0. The van der Waals surface area contributed by atoms with Crippen LogP contribution in [0, 0.1) is 6.92 Å². The van der Waals surface area contributed by atoms with Gasteiger partial charge in [0.1, 0.15) is 23.0 Å². The van der Waals surface area contributed by atoms with Gasteiger partial charge in [-0.3, -0.25) is 4.79 Å². The van der Waals surface area contributed by atoms with Crippen molar-refractivity contribution in [1.82, 2.24) is 0 Å². The number of carbonyl (C=O) groups is 1. The maximum Gasteiger partial charge on any atom is 0.201 e. The van der Waals surface area contributed by atoms with E-state index in [1.54, 1.807) is 6.92 Å². The molecule has 0 aliphatic heterocycles. The van der Waals surface area contributed by atoms with Gasteiger partial charge in [-0.15, -0.1) is 0 Å². The third-order valence-corrected chi connectivity index (χ3v) is 3.58. The molecule has 102 valence electrons. The molecule has 0 unspecified atom stereocenters. The van der Waals surface area contributed by atoms with Gasteiger partial charge in [-0.1, -0.05) is 0 Å². The van der Waals surface area contributed by atoms with Crippen LogP contribution in [0.3, 0.4) is 0 Å². The molecular formula is C15H12O5. The summed E-state index contributed by atoms with van der Waals surface area (Å²) in [5, 5.41) is 39.3. The molecule has 1 aliphatic rings. The van der Waals surface area contributed by atoms with Gasteiger partial charge in [-0.2, -0.15) is 0 Å². The molecule has 5 nitrogen and oxygen atoms in total. The van der Waals surface area contributed by atoms with Crippen molar-refractivity contribution in [3.63, 3.8) is 0 Å². The van der Waals surface area contributed by atoms with Gasteiger partial charge < -0.3 is 20.4 Å². The molecule has 1 aliphatic carbocycles. The molecule has 0 aromatic heterocycles. The highest BCUT2D eigenvalue weighted by Crippen LogP contribution is 2.42. The standard InChI is InChI=1S/C15H12O5/c1-6-2-10(17)13-9(14(6)19)4-7-3-8(16)5-11(18)12(7)15(13)20/h2-3,5,16-19H,4H2,1H3. The largest absolute Gasteiger partial charge is 0.508 e. The second kappa shape index (κ2) is 3.90. The molecular weight excluding hydrogens is 260 g/mol. The van der Waals surface area contributed by atoms with Crippen molar-refractivity contribution in [1.29, 1.82) is 0 Å². The molecule has 0 radical (unpaired) electrons. The molecule has 2 aromatic carbocycles. The summed E-state index contributed by atoms with van der Waals surface area (Å²) in [5.74, 6) is -1.34. The Morgan fingerprint density at radius 1 is 0.950 bits per heavy atom. The van der Waals surface area contributed by atoms with E-state index in [0.29, 0.717) is 16.7 Å². The van der Waals surface area contributed by atoms with E-state index in [1.165, 1.54) is 12.1 Å². The fourth-order valence-electron chi connectivity index (χ4n) is 2.67. The molecule has 20 heavy (non-hydrogen) atoms. The van der Waals surface area contributed by atoms with Gasteiger partial charge in [0.2, 0.25) is 5.78 Å². The third kappa shape index (κ3) is 1.53. The molecule has 5 heteroatoms. The Kier molecular flexibility index (Phi) is 2.41. The van der Waals surface area contributed by atoms with E-state index in [-0.39, 0.29) is 40.5 Å². The van der Waals surface area contributed by atoms with Crippen molar-refractivity contribution in [2.24, 2.45) is 0 Å². The Bertz CT molecular complexity index is 762. The Balaban J connectivity index is 2.33. The molecule has 0 saturated carbocycles. The Labute approximate surface area is 114 Å². The Morgan fingerprint density at radius 3 is 2.30 bits per heavy atom. The molecule has 0 fully saturated rings. The first kappa shape index (κ1) is 12.3. The lowest BCUT2D eigenvalue weighted by atomic mass is 9.82. The number of hydrogen-bond donors (Lipinski definition) is 4. The summed E-state index contributed by atoms with van der Waals surface area (Å²) in [6, 6.07) is 3.76. The summed E-state index contributed by atoms with van der Waals surface area (Å²) in [7, 11) is 0. The fourth-order valence-corrected chi connectivity index (χ4v) is 2.67. The lowest BCUT2D eigenvalue weighted by Crippen LogP contribution is -2.16. The van der Waals surface area contributed by atoms with Crippen LogP contribution in [0.15, 0.2) is 18.2 Å². The van der Waals surface area contributed by atoms with Crippen LogP contribution in [0.2, 0.25) is 0 Å². The van der Waals surface area contributed by atoms with Crippen molar-refractivity contribution >= 4 is 5.78 Å². The maximum atomic E-state index is 12.4. The molecule has 3 rings (SSSR count). The summed E-state index contributed by atoms with van der Waals surface area (Å²) in [6.45, 7) is 1.62. The zero-order valence-electron chi connectivity index (χ0n) is 10.6. The van der Waals surface area contributed by atoms with Crippen LogP contribution >= 0.6 is 0 Å². The second-order valence-electron chi connectivity index (χ2n) is 4.92. The quantitative estimate of drug-likeness (QED) is 0.469. The van der Waals surface area contributed by atoms with Crippen LogP contribution in [0.4, 0.5) is 0 Å². The average Bonchev–Trinajstić information content (AvgIpc) is 2.34. The summed E-state index contributed by atoms with van der Waals surface area (Å²) in [6.07, 6.45) is 0.152. The van der Waals surface area contributed by atoms with E-state index >= 15 is 0 Å².